The first-order valence-electron chi connectivity index (χ1n) is 5.69. The van der Waals surface area contributed by atoms with Crippen LogP contribution in [0.15, 0.2) is 27.8 Å². The molecule has 0 spiro atoms. The van der Waals surface area contributed by atoms with Gasteiger partial charge in [-0.25, -0.2) is 0 Å². The molecule has 1 N–H and O–H groups in total. The molecular formula is C12H19BrN2O. The van der Waals surface area contributed by atoms with E-state index >= 15 is 0 Å². The maximum atomic E-state index is 5.07. The molecule has 0 aliphatic heterocycles. The highest BCUT2D eigenvalue weighted by molar-refractivity contribution is 9.10. The van der Waals surface area contributed by atoms with Gasteiger partial charge >= 0.3 is 0 Å². The molecular weight excluding hydrogens is 268 g/mol. The minimum absolute atomic E-state index is 0.739. The molecule has 1 aromatic heterocycles. The standard InChI is InChI=1S/C12H19BrN2O/c1-3-5-10(4-2)6-7-14-9-11-8-12(13)15-16-11/h3,8,10,14H,1,4-7,9H2,2H3. The van der Waals surface area contributed by atoms with Crippen LogP contribution >= 0.6 is 15.9 Å². The molecule has 90 valence electrons. The average molecular weight is 287 g/mol. The van der Waals surface area contributed by atoms with Gasteiger partial charge in [0.15, 0.2) is 5.76 Å². The minimum Gasteiger partial charge on any atom is -0.359 e. The molecule has 0 saturated heterocycles. The summed E-state index contributed by atoms with van der Waals surface area (Å²) in [7, 11) is 0. The predicted octanol–water partition coefficient (Wildman–Crippen LogP) is 3.52. The third-order valence-electron chi connectivity index (χ3n) is 2.64. The Balaban J connectivity index is 2.13. The summed E-state index contributed by atoms with van der Waals surface area (Å²) in [4.78, 5) is 0. The first-order valence-corrected chi connectivity index (χ1v) is 6.48. The van der Waals surface area contributed by atoms with E-state index in [2.05, 4.69) is 39.9 Å². The molecule has 16 heavy (non-hydrogen) atoms. The molecule has 0 aliphatic rings. The molecule has 0 aromatic carbocycles. The zero-order chi connectivity index (χ0) is 11.8. The van der Waals surface area contributed by atoms with Gasteiger partial charge in [-0.05, 0) is 41.2 Å². The van der Waals surface area contributed by atoms with E-state index in [1.807, 2.05) is 12.1 Å². The van der Waals surface area contributed by atoms with Crippen molar-refractivity contribution < 1.29 is 4.52 Å². The van der Waals surface area contributed by atoms with Crippen LogP contribution in [0.1, 0.15) is 31.9 Å². The summed E-state index contributed by atoms with van der Waals surface area (Å²) in [6.07, 6.45) is 5.49. The number of halogens is 1. The van der Waals surface area contributed by atoms with E-state index in [0.717, 1.165) is 35.8 Å². The van der Waals surface area contributed by atoms with Crippen LogP contribution in [0, 0.1) is 5.92 Å². The molecule has 4 heteroatoms. The normalized spacial score (nSPS) is 12.6. The van der Waals surface area contributed by atoms with Crippen molar-refractivity contribution in [3.05, 3.63) is 29.1 Å². The Labute approximate surface area is 105 Å². The molecule has 3 nitrogen and oxygen atoms in total. The lowest BCUT2D eigenvalue weighted by Gasteiger charge is -2.12. The van der Waals surface area contributed by atoms with Crippen molar-refractivity contribution in [2.24, 2.45) is 5.92 Å². The predicted molar refractivity (Wildman–Crippen MR) is 69.1 cm³/mol. The highest BCUT2D eigenvalue weighted by Crippen LogP contribution is 2.13. The van der Waals surface area contributed by atoms with Gasteiger partial charge in [0, 0.05) is 6.07 Å². The van der Waals surface area contributed by atoms with Gasteiger partial charge in [0.2, 0.25) is 0 Å². The summed E-state index contributed by atoms with van der Waals surface area (Å²) >= 11 is 3.25. The van der Waals surface area contributed by atoms with Crippen LogP contribution in [0.5, 0.6) is 0 Å². The molecule has 1 rings (SSSR count). The van der Waals surface area contributed by atoms with Crippen LogP contribution in [0.25, 0.3) is 0 Å². The molecule has 0 fully saturated rings. The summed E-state index contributed by atoms with van der Waals surface area (Å²) in [5.41, 5.74) is 0. The largest absolute Gasteiger partial charge is 0.359 e. The summed E-state index contributed by atoms with van der Waals surface area (Å²) in [6, 6.07) is 1.88. The van der Waals surface area contributed by atoms with E-state index in [-0.39, 0.29) is 0 Å². The summed E-state index contributed by atoms with van der Waals surface area (Å²) in [6.45, 7) is 7.75. The summed E-state index contributed by atoms with van der Waals surface area (Å²) in [5.74, 6) is 1.61. The Morgan fingerprint density at radius 3 is 3.06 bits per heavy atom. The lowest BCUT2D eigenvalue weighted by atomic mass is 9.99. The molecule has 0 saturated carbocycles. The van der Waals surface area contributed by atoms with Gasteiger partial charge in [-0.15, -0.1) is 6.58 Å². The zero-order valence-corrected chi connectivity index (χ0v) is 11.3. The van der Waals surface area contributed by atoms with Crippen LogP contribution < -0.4 is 5.32 Å². The molecule has 0 amide bonds. The second-order valence-corrected chi connectivity index (χ2v) is 4.69. The second kappa shape index (κ2) is 7.63. The van der Waals surface area contributed by atoms with Crippen molar-refractivity contribution in [3.8, 4) is 0 Å². The van der Waals surface area contributed by atoms with Gasteiger partial charge < -0.3 is 9.84 Å². The Kier molecular flexibility index (Phi) is 6.42. The molecule has 1 heterocycles. The number of nitrogens with one attached hydrogen (secondary N) is 1. The van der Waals surface area contributed by atoms with E-state index in [4.69, 9.17) is 4.52 Å². The highest BCUT2D eigenvalue weighted by Gasteiger charge is 2.04. The van der Waals surface area contributed by atoms with Crippen molar-refractivity contribution in [1.29, 1.82) is 0 Å². The smallest absolute Gasteiger partial charge is 0.151 e. The number of rotatable bonds is 8. The number of hydrogen-bond donors (Lipinski definition) is 1. The molecule has 0 bridgehead atoms. The van der Waals surface area contributed by atoms with Gasteiger partial charge in [-0.1, -0.05) is 24.6 Å². The fraction of sp³-hybridized carbons (Fsp3) is 0.583. The number of nitrogens with zero attached hydrogens (tertiary/aromatic N) is 1. The fourth-order valence-corrected chi connectivity index (χ4v) is 1.94. The van der Waals surface area contributed by atoms with E-state index < -0.39 is 0 Å². The van der Waals surface area contributed by atoms with Crippen molar-refractivity contribution in [2.45, 2.75) is 32.7 Å². The highest BCUT2D eigenvalue weighted by atomic mass is 79.9. The lowest BCUT2D eigenvalue weighted by molar-refractivity contribution is 0.365. The minimum atomic E-state index is 0.739. The molecule has 0 aliphatic carbocycles. The monoisotopic (exact) mass is 286 g/mol. The third kappa shape index (κ3) is 4.94. The van der Waals surface area contributed by atoms with E-state index in [9.17, 15) is 0 Å². The number of allylic oxidation sites excluding steroid dienone is 1. The molecule has 1 atom stereocenters. The van der Waals surface area contributed by atoms with Gasteiger partial charge in [0.25, 0.3) is 0 Å². The van der Waals surface area contributed by atoms with Crippen molar-refractivity contribution in [1.82, 2.24) is 10.5 Å². The van der Waals surface area contributed by atoms with E-state index in [1.54, 1.807) is 0 Å². The molecule has 1 aromatic rings. The van der Waals surface area contributed by atoms with Crippen molar-refractivity contribution in [2.75, 3.05) is 6.54 Å². The Hall–Kier alpha value is -0.610. The SMILES string of the molecule is C=CCC(CC)CCNCc1cc(Br)no1. The van der Waals surface area contributed by atoms with Gasteiger partial charge in [-0.2, -0.15) is 0 Å². The first kappa shape index (κ1) is 13.5. The summed E-state index contributed by atoms with van der Waals surface area (Å²) < 4.78 is 5.82. The fourth-order valence-electron chi connectivity index (χ4n) is 1.61. The van der Waals surface area contributed by atoms with Crippen LogP contribution in [0.2, 0.25) is 0 Å². The topological polar surface area (TPSA) is 38.1 Å². The van der Waals surface area contributed by atoms with Gasteiger partial charge in [-0.3, -0.25) is 0 Å². The number of hydrogen-bond acceptors (Lipinski definition) is 3. The van der Waals surface area contributed by atoms with Crippen molar-refractivity contribution >= 4 is 15.9 Å². The van der Waals surface area contributed by atoms with E-state index in [0.29, 0.717) is 0 Å². The average Bonchev–Trinajstić information content (AvgIpc) is 2.69. The zero-order valence-electron chi connectivity index (χ0n) is 9.71. The van der Waals surface area contributed by atoms with Gasteiger partial charge in [0.05, 0.1) is 6.54 Å². The van der Waals surface area contributed by atoms with Crippen LogP contribution in [0.4, 0.5) is 0 Å². The lowest BCUT2D eigenvalue weighted by Crippen LogP contribution is -2.17. The Morgan fingerprint density at radius 2 is 2.50 bits per heavy atom. The quantitative estimate of drug-likeness (QED) is 0.587. The third-order valence-corrected chi connectivity index (χ3v) is 3.01. The molecule has 1 unspecified atom stereocenters. The van der Waals surface area contributed by atoms with Crippen LogP contribution in [-0.2, 0) is 6.54 Å². The van der Waals surface area contributed by atoms with Gasteiger partial charge in [0.1, 0.15) is 4.60 Å². The first-order chi connectivity index (χ1) is 7.76. The van der Waals surface area contributed by atoms with Crippen LogP contribution in [-0.4, -0.2) is 11.7 Å². The van der Waals surface area contributed by atoms with E-state index in [1.165, 1.54) is 12.8 Å². The Morgan fingerprint density at radius 1 is 1.69 bits per heavy atom. The van der Waals surface area contributed by atoms with Crippen molar-refractivity contribution in [3.63, 3.8) is 0 Å². The van der Waals surface area contributed by atoms with Crippen LogP contribution in [0.3, 0.4) is 0 Å². The number of aromatic nitrogens is 1. The molecule has 0 radical (unpaired) electrons. The maximum absolute atomic E-state index is 5.07. The Bertz CT molecular complexity index is 312. The second-order valence-electron chi connectivity index (χ2n) is 3.88. The maximum Gasteiger partial charge on any atom is 0.151 e. The summed E-state index contributed by atoms with van der Waals surface area (Å²) in [5, 5.41) is 7.11.